The molecule has 0 atom stereocenters. The van der Waals surface area contributed by atoms with Gasteiger partial charge in [0.05, 0.1) is 12.1 Å². The van der Waals surface area contributed by atoms with E-state index in [-0.39, 0.29) is 19.4 Å². The predicted molar refractivity (Wildman–Crippen MR) is 65.2 cm³/mol. The molecule has 19 heavy (non-hydrogen) atoms. The van der Waals surface area contributed by atoms with Crippen molar-refractivity contribution >= 4 is 5.97 Å². The van der Waals surface area contributed by atoms with E-state index in [9.17, 15) is 9.90 Å². The van der Waals surface area contributed by atoms with Crippen molar-refractivity contribution in [1.82, 2.24) is 15.0 Å². The van der Waals surface area contributed by atoms with E-state index in [2.05, 4.69) is 10.3 Å². The third kappa shape index (κ3) is 3.10. The van der Waals surface area contributed by atoms with Gasteiger partial charge in [-0.2, -0.15) is 0 Å². The van der Waals surface area contributed by atoms with Crippen LogP contribution in [-0.2, 0) is 16.9 Å². The number of aliphatic hydroxyl groups is 2. The second kappa shape index (κ2) is 5.66. The van der Waals surface area contributed by atoms with Gasteiger partial charge >= 0.3 is 5.97 Å². The summed E-state index contributed by atoms with van der Waals surface area (Å²) in [5.74, 6) is -1.36. The van der Waals surface area contributed by atoms with Crippen LogP contribution in [0.3, 0.4) is 0 Å². The molecule has 7 heteroatoms. The fourth-order valence-corrected chi connectivity index (χ4v) is 2.32. The molecule has 0 unspecified atom stereocenters. The van der Waals surface area contributed by atoms with Crippen LogP contribution in [0.4, 0.5) is 0 Å². The van der Waals surface area contributed by atoms with Gasteiger partial charge < -0.3 is 15.3 Å². The van der Waals surface area contributed by atoms with Crippen LogP contribution in [0.1, 0.15) is 37.8 Å². The molecule has 1 aliphatic rings. The molecule has 1 fully saturated rings. The summed E-state index contributed by atoms with van der Waals surface area (Å²) in [5, 5.41) is 35.5. The molecule has 0 aliphatic heterocycles. The summed E-state index contributed by atoms with van der Waals surface area (Å²) in [5.41, 5.74) is -0.681. The molecule has 2 rings (SSSR count). The van der Waals surface area contributed by atoms with Crippen molar-refractivity contribution in [2.75, 3.05) is 6.61 Å². The van der Waals surface area contributed by atoms with Crippen molar-refractivity contribution < 1.29 is 20.1 Å². The van der Waals surface area contributed by atoms with Gasteiger partial charge in [0.25, 0.3) is 0 Å². The zero-order valence-corrected chi connectivity index (χ0v) is 10.7. The summed E-state index contributed by atoms with van der Waals surface area (Å²) in [4.78, 5) is 10.7. The Morgan fingerprint density at radius 2 is 2.16 bits per heavy atom. The van der Waals surface area contributed by atoms with Crippen LogP contribution in [-0.4, -0.2) is 42.9 Å². The Labute approximate surface area is 110 Å². The van der Waals surface area contributed by atoms with Gasteiger partial charge in [-0.05, 0) is 32.1 Å². The van der Waals surface area contributed by atoms with Crippen LogP contribution in [0.15, 0.2) is 6.20 Å². The highest BCUT2D eigenvalue weighted by atomic mass is 16.4. The number of unbranched alkanes of at least 4 members (excludes halogenated alkanes) is 2. The highest BCUT2D eigenvalue weighted by molar-refractivity contribution is 5.71. The third-order valence-corrected chi connectivity index (χ3v) is 3.58. The summed E-state index contributed by atoms with van der Waals surface area (Å²) < 4.78 is 1.65. The molecule has 0 saturated heterocycles. The highest BCUT2D eigenvalue weighted by Gasteiger charge is 2.49. The maximum atomic E-state index is 10.7. The molecule has 0 spiro atoms. The van der Waals surface area contributed by atoms with Gasteiger partial charge in [0.1, 0.15) is 11.3 Å². The van der Waals surface area contributed by atoms with Gasteiger partial charge in [-0.15, -0.1) is 5.10 Å². The maximum Gasteiger partial charge on any atom is 0.306 e. The van der Waals surface area contributed by atoms with E-state index in [1.54, 1.807) is 10.9 Å². The Morgan fingerprint density at radius 3 is 2.79 bits per heavy atom. The van der Waals surface area contributed by atoms with Gasteiger partial charge in [-0.3, -0.25) is 9.48 Å². The summed E-state index contributed by atoms with van der Waals surface area (Å²) in [6.45, 7) is 0.879. The lowest BCUT2D eigenvalue weighted by Gasteiger charge is -2.39. The first kappa shape index (κ1) is 14.0. The number of carbonyl (C=O) groups is 1. The van der Waals surface area contributed by atoms with Crippen LogP contribution >= 0.6 is 0 Å². The molecule has 7 nitrogen and oxygen atoms in total. The Kier molecular flexibility index (Phi) is 4.16. The predicted octanol–water partition coefficient (Wildman–Crippen LogP) is 0.123. The van der Waals surface area contributed by atoms with Crippen molar-refractivity contribution in [3.05, 3.63) is 11.9 Å². The van der Waals surface area contributed by atoms with Crippen molar-refractivity contribution in [2.45, 2.75) is 44.2 Å². The van der Waals surface area contributed by atoms with Crippen molar-refractivity contribution in [3.8, 4) is 0 Å². The van der Waals surface area contributed by atoms with E-state index in [0.717, 1.165) is 19.3 Å². The SMILES string of the molecule is O=C(O)C1CC(O)(c2cn(CCCCCO)nn2)C1. The number of rotatable bonds is 7. The standard InChI is InChI=1S/C12H19N3O4/c16-5-3-1-2-4-15-8-10(13-14-15)12(19)6-9(7-12)11(17)18/h8-9,16,19H,1-7H2,(H,17,18). The quantitative estimate of drug-likeness (QED) is 0.607. The second-order valence-electron chi connectivity index (χ2n) is 5.13. The molecule has 1 heterocycles. The third-order valence-electron chi connectivity index (χ3n) is 3.58. The normalized spacial score (nSPS) is 26.1. The largest absolute Gasteiger partial charge is 0.481 e. The fourth-order valence-electron chi connectivity index (χ4n) is 2.32. The minimum atomic E-state index is -1.13. The summed E-state index contributed by atoms with van der Waals surface area (Å²) in [6.07, 6.45) is 4.65. The molecule has 0 bridgehead atoms. The average Bonchev–Trinajstić information content (AvgIpc) is 2.79. The lowest BCUT2D eigenvalue weighted by Crippen LogP contribution is -2.44. The number of nitrogens with zero attached hydrogens (tertiary/aromatic N) is 3. The number of aliphatic carboxylic acids is 1. The number of hydrogen-bond acceptors (Lipinski definition) is 5. The minimum absolute atomic E-state index is 0.193. The molecule has 1 aromatic rings. The van der Waals surface area contributed by atoms with Gasteiger partial charge in [-0.1, -0.05) is 5.21 Å². The number of aryl methyl sites for hydroxylation is 1. The molecule has 1 saturated carbocycles. The van der Waals surface area contributed by atoms with E-state index in [0.29, 0.717) is 12.2 Å². The van der Waals surface area contributed by atoms with E-state index in [4.69, 9.17) is 10.2 Å². The Bertz CT molecular complexity index is 440. The van der Waals surface area contributed by atoms with Gasteiger partial charge in [-0.25, -0.2) is 0 Å². The maximum absolute atomic E-state index is 10.7. The first-order chi connectivity index (χ1) is 9.05. The molecule has 0 aromatic carbocycles. The fraction of sp³-hybridized carbons (Fsp3) is 0.750. The van der Waals surface area contributed by atoms with Crippen LogP contribution in [0, 0.1) is 5.92 Å². The van der Waals surface area contributed by atoms with Gasteiger partial charge in [0.15, 0.2) is 0 Å². The molecule has 1 aliphatic carbocycles. The number of carboxylic acids is 1. The van der Waals surface area contributed by atoms with Crippen LogP contribution in [0.25, 0.3) is 0 Å². The van der Waals surface area contributed by atoms with Crippen LogP contribution in [0.2, 0.25) is 0 Å². The van der Waals surface area contributed by atoms with E-state index in [1.165, 1.54) is 0 Å². The highest BCUT2D eigenvalue weighted by Crippen LogP contribution is 2.44. The monoisotopic (exact) mass is 269 g/mol. The number of carboxylic acid groups (broad SMARTS) is 1. The zero-order chi connectivity index (χ0) is 13.9. The molecule has 1 aromatic heterocycles. The second-order valence-corrected chi connectivity index (χ2v) is 5.13. The van der Waals surface area contributed by atoms with Crippen molar-refractivity contribution in [2.24, 2.45) is 5.92 Å². The molecule has 106 valence electrons. The van der Waals surface area contributed by atoms with Crippen molar-refractivity contribution in [1.29, 1.82) is 0 Å². The lowest BCUT2D eigenvalue weighted by molar-refractivity contribution is -0.160. The van der Waals surface area contributed by atoms with E-state index in [1.807, 2.05) is 0 Å². The zero-order valence-electron chi connectivity index (χ0n) is 10.7. The molecular formula is C12H19N3O4. The topological polar surface area (TPSA) is 108 Å². The van der Waals surface area contributed by atoms with Crippen molar-refractivity contribution in [3.63, 3.8) is 0 Å². The van der Waals surface area contributed by atoms with Gasteiger partial charge in [0.2, 0.25) is 0 Å². The van der Waals surface area contributed by atoms with E-state index >= 15 is 0 Å². The smallest absolute Gasteiger partial charge is 0.306 e. The minimum Gasteiger partial charge on any atom is -0.481 e. The average molecular weight is 269 g/mol. The molecule has 0 amide bonds. The Morgan fingerprint density at radius 1 is 1.42 bits per heavy atom. The number of hydrogen-bond donors (Lipinski definition) is 3. The summed E-state index contributed by atoms with van der Waals surface area (Å²) in [6, 6.07) is 0. The van der Waals surface area contributed by atoms with Crippen LogP contribution in [0.5, 0.6) is 0 Å². The summed E-state index contributed by atoms with van der Waals surface area (Å²) >= 11 is 0. The molecular weight excluding hydrogens is 250 g/mol. The summed E-state index contributed by atoms with van der Waals surface area (Å²) in [7, 11) is 0. The Balaban J connectivity index is 1.86. The van der Waals surface area contributed by atoms with Gasteiger partial charge in [0, 0.05) is 13.2 Å². The molecule has 3 N–H and O–H groups in total. The first-order valence-corrected chi connectivity index (χ1v) is 6.52. The number of aliphatic hydroxyl groups excluding tert-OH is 1. The number of aromatic nitrogens is 3. The lowest BCUT2D eigenvalue weighted by atomic mass is 9.69. The molecule has 0 radical (unpaired) electrons. The Hall–Kier alpha value is -1.47. The first-order valence-electron chi connectivity index (χ1n) is 6.52. The van der Waals surface area contributed by atoms with Crippen LogP contribution < -0.4 is 0 Å². The van der Waals surface area contributed by atoms with E-state index < -0.39 is 17.5 Å².